The first-order valence-corrected chi connectivity index (χ1v) is 5.47. The van der Waals surface area contributed by atoms with Crippen molar-refractivity contribution in [2.75, 3.05) is 6.54 Å². The van der Waals surface area contributed by atoms with Gasteiger partial charge < -0.3 is 16.4 Å². The smallest absolute Gasteiger partial charge is 0.195 e. The maximum atomic E-state index is 5.58. The molecule has 0 radical (unpaired) electrons. The summed E-state index contributed by atoms with van der Waals surface area (Å²) in [5.74, 6) is 0.275. The minimum absolute atomic E-state index is 0.275. The topological polar surface area (TPSA) is 75.3 Å². The number of nitrogens with zero attached hydrogens (tertiary/aromatic N) is 2. The summed E-state index contributed by atoms with van der Waals surface area (Å²) in [7, 11) is 0. The lowest BCUT2D eigenvalue weighted by molar-refractivity contribution is 0.900. The summed E-state index contributed by atoms with van der Waals surface area (Å²) in [6.07, 6.45) is 5.11. The first-order chi connectivity index (χ1) is 8.22. The highest BCUT2D eigenvalue weighted by Crippen LogP contribution is 1.94. The standard InChI is InChI=1S/C11H15N5S/c1-2-5-14-10(12)16-11(17)15-8-9-3-6-13-7-4-9/h2-4,6-7H,1,5,8H2,(H4,12,14,15,16,17). The van der Waals surface area contributed by atoms with Gasteiger partial charge in [-0.2, -0.15) is 0 Å². The van der Waals surface area contributed by atoms with E-state index in [1.165, 1.54) is 0 Å². The van der Waals surface area contributed by atoms with E-state index in [4.69, 9.17) is 18.0 Å². The Balaban J connectivity index is 2.33. The largest absolute Gasteiger partial charge is 0.370 e. The Bertz CT molecular complexity index is 402. The van der Waals surface area contributed by atoms with Crippen molar-refractivity contribution in [1.29, 1.82) is 0 Å². The average molecular weight is 249 g/mol. The van der Waals surface area contributed by atoms with Gasteiger partial charge in [-0.3, -0.25) is 4.98 Å². The Kier molecular flexibility index (Phi) is 5.67. The highest BCUT2D eigenvalue weighted by molar-refractivity contribution is 7.80. The lowest BCUT2D eigenvalue weighted by atomic mass is 10.3. The van der Waals surface area contributed by atoms with Gasteiger partial charge in [-0.15, -0.1) is 6.58 Å². The SMILES string of the molecule is C=CCN=C(N)NC(=S)NCc1ccncc1. The molecule has 5 nitrogen and oxygen atoms in total. The van der Waals surface area contributed by atoms with Gasteiger partial charge in [0.25, 0.3) is 0 Å². The molecule has 1 aromatic heterocycles. The van der Waals surface area contributed by atoms with Crippen LogP contribution in [-0.2, 0) is 6.54 Å². The molecular weight excluding hydrogens is 234 g/mol. The van der Waals surface area contributed by atoms with Gasteiger partial charge in [0.2, 0.25) is 0 Å². The van der Waals surface area contributed by atoms with Gasteiger partial charge in [0, 0.05) is 18.9 Å². The number of thiocarbonyl (C=S) groups is 1. The van der Waals surface area contributed by atoms with Crippen molar-refractivity contribution in [3.05, 3.63) is 42.7 Å². The number of pyridine rings is 1. The molecule has 0 aliphatic heterocycles. The van der Waals surface area contributed by atoms with Gasteiger partial charge >= 0.3 is 0 Å². The molecule has 0 unspecified atom stereocenters. The van der Waals surface area contributed by atoms with Crippen LogP contribution in [0.25, 0.3) is 0 Å². The van der Waals surface area contributed by atoms with Crippen LogP contribution in [0.5, 0.6) is 0 Å². The summed E-state index contributed by atoms with van der Waals surface area (Å²) in [6, 6.07) is 3.82. The molecule has 0 fully saturated rings. The van der Waals surface area contributed by atoms with E-state index in [2.05, 4.69) is 27.2 Å². The highest BCUT2D eigenvalue weighted by Gasteiger charge is 1.97. The van der Waals surface area contributed by atoms with Crippen molar-refractivity contribution < 1.29 is 0 Å². The quantitative estimate of drug-likeness (QED) is 0.314. The predicted octanol–water partition coefficient (Wildman–Crippen LogP) is 0.546. The zero-order valence-electron chi connectivity index (χ0n) is 9.39. The number of aliphatic imine (C=N–C) groups is 1. The van der Waals surface area contributed by atoms with Crippen molar-refractivity contribution in [3.63, 3.8) is 0 Å². The fraction of sp³-hybridized carbons (Fsp3) is 0.182. The second-order valence-corrected chi connectivity index (χ2v) is 3.59. The molecule has 1 heterocycles. The first kappa shape index (κ1) is 13.1. The van der Waals surface area contributed by atoms with Crippen LogP contribution >= 0.6 is 12.2 Å². The Morgan fingerprint density at radius 3 is 2.88 bits per heavy atom. The molecule has 0 saturated carbocycles. The van der Waals surface area contributed by atoms with E-state index in [1.807, 2.05) is 12.1 Å². The van der Waals surface area contributed by atoms with Crippen molar-refractivity contribution in [2.24, 2.45) is 10.7 Å². The molecular formula is C11H15N5S. The van der Waals surface area contributed by atoms with Gasteiger partial charge in [0.1, 0.15) is 0 Å². The fourth-order valence-corrected chi connectivity index (χ4v) is 1.22. The van der Waals surface area contributed by atoms with E-state index < -0.39 is 0 Å². The van der Waals surface area contributed by atoms with E-state index in [1.54, 1.807) is 18.5 Å². The minimum Gasteiger partial charge on any atom is -0.370 e. The summed E-state index contributed by atoms with van der Waals surface area (Å²) in [5.41, 5.74) is 6.67. The lowest BCUT2D eigenvalue weighted by Gasteiger charge is -2.09. The molecule has 1 rings (SSSR count). The average Bonchev–Trinajstić information content (AvgIpc) is 2.35. The maximum absolute atomic E-state index is 5.58. The third-order valence-corrected chi connectivity index (χ3v) is 2.08. The van der Waals surface area contributed by atoms with Crippen LogP contribution in [-0.4, -0.2) is 22.6 Å². The van der Waals surface area contributed by atoms with Crippen LogP contribution in [0.2, 0.25) is 0 Å². The summed E-state index contributed by atoms with van der Waals surface area (Å²) in [5, 5.41) is 6.22. The normalized spacial score (nSPS) is 10.7. The second kappa shape index (κ2) is 7.34. The van der Waals surface area contributed by atoms with Crippen molar-refractivity contribution in [2.45, 2.75) is 6.54 Å². The molecule has 6 heteroatoms. The number of nitrogens with one attached hydrogen (secondary N) is 2. The van der Waals surface area contributed by atoms with Crippen molar-refractivity contribution >= 4 is 23.3 Å². The highest BCUT2D eigenvalue weighted by atomic mass is 32.1. The monoisotopic (exact) mass is 249 g/mol. The zero-order valence-corrected chi connectivity index (χ0v) is 10.2. The first-order valence-electron chi connectivity index (χ1n) is 5.07. The van der Waals surface area contributed by atoms with Crippen molar-refractivity contribution in [3.8, 4) is 0 Å². The molecule has 1 aromatic rings. The van der Waals surface area contributed by atoms with Gasteiger partial charge in [-0.25, -0.2) is 4.99 Å². The number of rotatable bonds is 4. The third kappa shape index (κ3) is 5.62. The van der Waals surface area contributed by atoms with Gasteiger partial charge in [0.05, 0.1) is 6.54 Å². The molecule has 0 bridgehead atoms. The van der Waals surface area contributed by atoms with E-state index in [0.29, 0.717) is 18.2 Å². The zero-order chi connectivity index (χ0) is 12.5. The molecule has 0 atom stereocenters. The number of hydrogen-bond donors (Lipinski definition) is 3. The fourth-order valence-electron chi connectivity index (χ4n) is 1.05. The molecule has 17 heavy (non-hydrogen) atoms. The number of nitrogens with two attached hydrogens (primary N) is 1. The minimum atomic E-state index is 0.275. The summed E-state index contributed by atoms with van der Waals surface area (Å²) in [4.78, 5) is 7.90. The van der Waals surface area contributed by atoms with Crippen molar-refractivity contribution in [1.82, 2.24) is 15.6 Å². The molecule has 0 amide bonds. The van der Waals surface area contributed by atoms with Gasteiger partial charge in [-0.05, 0) is 29.9 Å². The van der Waals surface area contributed by atoms with Crippen LogP contribution in [0, 0.1) is 0 Å². The van der Waals surface area contributed by atoms with Gasteiger partial charge in [-0.1, -0.05) is 6.08 Å². The predicted molar refractivity (Wildman–Crippen MR) is 73.5 cm³/mol. The van der Waals surface area contributed by atoms with Crippen LogP contribution in [0.1, 0.15) is 5.56 Å². The molecule has 4 N–H and O–H groups in total. The Hall–Kier alpha value is -1.95. The van der Waals surface area contributed by atoms with Crippen LogP contribution < -0.4 is 16.4 Å². The molecule has 90 valence electrons. The Morgan fingerprint density at radius 2 is 2.24 bits per heavy atom. The molecule has 0 spiro atoms. The third-order valence-electron chi connectivity index (χ3n) is 1.83. The van der Waals surface area contributed by atoms with Gasteiger partial charge in [0.15, 0.2) is 11.1 Å². The maximum Gasteiger partial charge on any atom is 0.195 e. The number of aromatic nitrogens is 1. The van der Waals surface area contributed by atoms with E-state index >= 15 is 0 Å². The van der Waals surface area contributed by atoms with E-state index in [0.717, 1.165) is 5.56 Å². The van der Waals surface area contributed by atoms with E-state index in [9.17, 15) is 0 Å². The lowest BCUT2D eigenvalue weighted by Crippen LogP contribution is -2.42. The molecule has 0 aliphatic carbocycles. The van der Waals surface area contributed by atoms with Crippen LogP contribution in [0.15, 0.2) is 42.2 Å². The second-order valence-electron chi connectivity index (χ2n) is 3.18. The molecule has 0 aliphatic rings. The molecule has 0 aromatic carbocycles. The Morgan fingerprint density at radius 1 is 1.53 bits per heavy atom. The summed E-state index contributed by atoms with van der Waals surface area (Å²) in [6.45, 7) is 4.62. The van der Waals surface area contributed by atoms with Crippen LogP contribution in [0.3, 0.4) is 0 Å². The number of guanidine groups is 1. The molecule has 0 saturated heterocycles. The Labute approximate surface area is 106 Å². The summed E-state index contributed by atoms with van der Waals surface area (Å²) < 4.78 is 0. The van der Waals surface area contributed by atoms with Crippen LogP contribution in [0.4, 0.5) is 0 Å². The van der Waals surface area contributed by atoms with E-state index in [-0.39, 0.29) is 5.96 Å². The summed E-state index contributed by atoms with van der Waals surface area (Å²) >= 11 is 5.06. The number of hydrogen-bond acceptors (Lipinski definition) is 3.